The Morgan fingerprint density at radius 3 is 1.14 bits per heavy atom. The maximum Gasteiger partial charge on any atom is 0.151 e. The highest BCUT2D eigenvalue weighted by Crippen LogP contribution is 2.71. The Hall–Kier alpha value is -12.9. The number of ether oxygens (including phenoxy) is 1. The van der Waals surface area contributed by atoms with Crippen molar-refractivity contribution in [2.45, 2.75) is 96.3 Å². The van der Waals surface area contributed by atoms with E-state index in [-0.39, 0.29) is 21.7 Å². The molecule has 4 heterocycles. The molecule has 2 aliphatic heterocycles. The van der Waals surface area contributed by atoms with Gasteiger partial charge in [-0.15, -0.1) is 0 Å². The third-order valence-electron chi connectivity index (χ3n) is 27.1. The van der Waals surface area contributed by atoms with E-state index in [1.165, 1.54) is 100 Å². The summed E-state index contributed by atoms with van der Waals surface area (Å²) in [6, 6.07) is 108. The molecule has 2 aromatic heterocycles. The molecule has 0 atom stereocenters. The third-order valence-corrected chi connectivity index (χ3v) is 27.1. The summed E-state index contributed by atoms with van der Waals surface area (Å²) in [5.41, 5.74) is 40.4. The second-order valence-electron chi connectivity index (χ2n) is 34.3. The van der Waals surface area contributed by atoms with Crippen LogP contribution in [0.4, 0.5) is 51.2 Å². The van der Waals surface area contributed by atoms with Gasteiger partial charge in [0.1, 0.15) is 22.3 Å². The molecule has 530 valence electrons. The smallest absolute Gasteiger partial charge is 0.151 e. The predicted octanol–water partition coefficient (Wildman–Crippen LogP) is 28.5. The van der Waals surface area contributed by atoms with Gasteiger partial charge in [0.25, 0.3) is 0 Å². The zero-order valence-electron chi connectivity index (χ0n) is 63.7. The number of benzene rings is 15. The van der Waals surface area contributed by atoms with Crippen LogP contribution >= 0.6 is 0 Å². The van der Waals surface area contributed by atoms with Gasteiger partial charge in [-0.25, -0.2) is 0 Å². The predicted molar refractivity (Wildman–Crippen MR) is 456 cm³/mol. The lowest BCUT2D eigenvalue weighted by Crippen LogP contribution is -2.37. The van der Waals surface area contributed by atoms with Crippen LogP contribution in [0.15, 0.2) is 294 Å². The van der Waals surface area contributed by atoms with E-state index in [4.69, 9.17) is 13.6 Å². The minimum atomic E-state index is -1.09. The van der Waals surface area contributed by atoms with Gasteiger partial charge in [-0.05, 0) is 246 Å². The molecule has 24 rings (SSSR count). The molecular formula is C105H77N3O3. The summed E-state index contributed by atoms with van der Waals surface area (Å²) in [5, 5.41) is 4.08. The number of hydrogen-bond donors (Lipinski definition) is 0. The number of aryl methyl sites for hydroxylation is 2. The van der Waals surface area contributed by atoms with Gasteiger partial charge in [0.2, 0.25) is 0 Å². The van der Waals surface area contributed by atoms with E-state index >= 15 is 0 Å². The zero-order valence-corrected chi connectivity index (χ0v) is 63.7. The fourth-order valence-corrected chi connectivity index (χ4v) is 21.8. The van der Waals surface area contributed by atoms with Crippen molar-refractivity contribution < 1.29 is 13.6 Å². The van der Waals surface area contributed by atoms with Crippen molar-refractivity contribution in [1.82, 2.24) is 0 Å². The van der Waals surface area contributed by atoms with E-state index in [0.717, 1.165) is 140 Å². The first-order chi connectivity index (χ1) is 53.9. The first-order valence-electron chi connectivity index (χ1n) is 39.3. The maximum absolute atomic E-state index is 7.88. The van der Waals surface area contributed by atoms with Gasteiger partial charge in [-0.3, -0.25) is 0 Å². The fourth-order valence-electron chi connectivity index (χ4n) is 21.8. The summed E-state index contributed by atoms with van der Waals surface area (Å²) in [5.74, 6) is 1.59. The molecule has 7 aliphatic rings. The summed E-state index contributed by atoms with van der Waals surface area (Å²) >= 11 is 0. The average Bonchev–Trinajstić information content (AvgIpc) is 1.50. The summed E-state index contributed by atoms with van der Waals surface area (Å²) in [6.07, 6.45) is 0. The van der Waals surface area contributed by atoms with Crippen LogP contribution < -0.4 is 19.4 Å². The molecule has 0 saturated heterocycles. The number of nitrogens with zero attached hydrogens (tertiary/aromatic N) is 3. The van der Waals surface area contributed by atoms with Crippen molar-refractivity contribution in [3.8, 4) is 67.1 Å². The summed E-state index contributed by atoms with van der Waals surface area (Å²) in [4.78, 5) is 7.56. The van der Waals surface area contributed by atoms with Crippen LogP contribution in [0.2, 0.25) is 0 Å². The Balaban J connectivity index is 0.806. The first-order valence-corrected chi connectivity index (χ1v) is 39.3. The van der Waals surface area contributed by atoms with Gasteiger partial charge in [-0.1, -0.05) is 230 Å². The molecule has 17 aromatic rings. The van der Waals surface area contributed by atoms with Gasteiger partial charge >= 0.3 is 0 Å². The van der Waals surface area contributed by atoms with E-state index < -0.39 is 5.41 Å². The molecule has 6 heteroatoms. The lowest BCUT2D eigenvalue weighted by Gasteiger charge is -2.47. The van der Waals surface area contributed by atoms with E-state index in [1.807, 2.05) is 0 Å². The van der Waals surface area contributed by atoms with Gasteiger partial charge in [0.15, 0.2) is 11.5 Å². The molecule has 6 nitrogen and oxygen atoms in total. The molecule has 111 heavy (non-hydrogen) atoms. The van der Waals surface area contributed by atoms with E-state index in [0.29, 0.717) is 0 Å². The first kappa shape index (κ1) is 63.1. The zero-order chi connectivity index (χ0) is 74.4. The average molecular weight is 1430 g/mol. The molecule has 0 amide bonds. The quantitative estimate of drug-likeness (QED) is 0.165. The maximum atomic E-state index is 7.88. The Morgan fingerprint density at radius 2 is 0.649 bits per heavy atom. The Labute approximate surface area is 645 Å². The van der Waals surface area contributed by atoms with Crippen molar-refractivity contribution in [3.05, 3.63) is 363 Å². The number of fused-ring (bicyclic) bond motifs is 31. The number of para-hydroxylation sites is 6. The van der Waals surface area contributed by atoms with Crippen LogP contribution in [-0.4, -0.2) is 0 Å². The van der Waals surface area contributed by atoms with Gasteiger partial charge in [-0.2, -0.15) is 0 Å². The van der Waals surface area contributed by atoms with Crippen LogP contribution in [0.5, 0.6) is 11.5 Å². The van der Waals surface area contributed by atoms with Crippen molar-refractivity contribution in [2.75, 3.05) is 14.7 Å². The standard InChI is InChI=1S/C105H77N3O3/c1-58-38-42-60(43-39-58)106(62-46-48-66-72-54-80-70(52-82(72)103(7,8)78(66)50-62)64-24-11-15-28-74(64)101(80,3)4)88-56-84-96(99-94(88)68-26-13-20-34-90(68)110-99)97-85(105(84)76-30-17-18-32-86(76)108-87-33-19-22-36-92(87)109-93-37-23-31-77(105)98(93)108)57-89(95-69-27-14-21-35-91(69)111-100(95)97)107(61-44-40-59(2)41-45-61)63-47-49-67-73-55-81-71(53-83(73)104(9,10)79(67)51-63)65-25-12-16-29-75(65)102(81,5)6/h11-57H,1-10H3. The molecule has 1 spiro atoms. The van der Waals surface area contributed by atoms with Crippen molar-refractivity contribution in [3.63, 3.8) is 0 Å². The molecule has 15 aromatic carbocycles. The molecule has 5 aliphatic carbocycles. The third kappa shape index (κ3) is 7.91. The normalized spacial score (nSPS) is 15.9. The molecule has 0 N–H and O–H groups in total. The number of hydrogen-bond acceptors (Lipinski definition) is 6. The SMILES string of the molecule is Cc1ccc(N(c2ccc3c(c2)C(C)(C)c2cc4c(cc2-3)C(C)(C)c2ccccc2-4)c2cc3c(c4oc5ccccc5c24)-c2c(cc(N(c4ccc(C)cc4)c4ccc5c(c4)C(C)(C)c4cc6c(cc4-5)C(C)(C)c4ccccc4-6)c4c2oc2ccccc24)C32c3ccccc3N3c4ccccc4Oc4cccc2c43)cc1. The number of anilines is 9. The molecule has 0 fully saturated rings. The second-order valence-corrected chi connectivity index (χ2v) is 34.3. The van der Waals surface area contributed by atoms with Crippen molar-refractivity contribution in [2.24, 2.45) is 0 Å². The molecule has 0 saturated carbocycles. The van der Waals surface area contributed by atoms with Crippen LogP contribution in [-0.2, 0) is 27.1 Å². The minimum absolute atomic E-state index is 0.147. The Kier molecular flexibility index (Phi) is 12.1. The van der Waals surface area contributed by atoms with Gasteiger partial charge < -0.3 is 28.3 Å². The lowest BCUT2D eigenvalue weighted by molar-refractivity contribution is 0.473. The van der Waals surface area contributed by atoms with E-state index in [1.54, 1.807) is 0 Å². The van der Waals surface area contributed by atoms with Crippen molar-refractivity contribution in [1.29, 1.82) is 0 Å². The highest BCUT2D eigenvalue weighted by Gasteiger charge is 2.57. The highest BCUT2D eigenvalue weighted by atomic mass is 16.5. The summed E-state index contributed by atoms with van der Waals surface area (Å²) in [6.45, 7) is 23.7. The number of rotatable bonds is 6. The van der Waals surface area contributed by atoms with Gasteiger partial charge in [0, 0.05) is 66.3 Å². The molecule has 0 unspecified atom stereocenters. The van der Waals surface area contributed by atoms with Crippen LogP contribution in [0.3, 0.4) is 0 Å². The van der Waals surface area contributed by atoms with E-state index in [9.17, 15) is 0 Å². The monoisotopic (exact) mass is 1430 g/mol. The fraction of sp³-hybridized carbons (Fsp3) is 0.143. The summed E-state index contributed by atoms with van der Waals surface area (Å²) < 4.78 is 23.0. The van der Waals surface area contributed by atoms with Gasteiger partial charge in [0.05, 0.1) is 44.6 Å². The molecule has 0 bridgehead atoms. The lowest BCUT2D eigenvalue weighted by atomic mass is 9.64. The van der Waals surface area contributed by atoms with E-state index in [2.05, 4.69) is 369 Å². The highest BCUT2D eigenvalue weighted by molar-refractivity contribution is 6.26. The van der Waals surface area contributed by atoms with Crippen LogP contribution in [0, 0.1) is 13.8 Å². The minimum Gasteiger partial charge on any atom is -0.455 e. The van der Waals surface area contributed by atoms with Crippen LogP contribution in [0.1, 0.15) is 133 Å². The largest absolute Gasteiger partial charge is 0.455 e. The van der Waals surface area contributed by atoms with Crippen molar-refractivity contribution >= 4 is 95.1 Å². The number of furan rings is 2. The Morgan fingerprint density at radius 1 is 0.279 bits per heavy atom. The second kappa shape index (κ2) is 21.3. The van der Waals surface area contributed by atoms with Crippen LogP contribution in [0.25, 0.3) is 99.5 Å². The summed E-state index contributed by atoms with van der Waals surface area (Å²) in [7, 11) is 0. The molecular weight excluding hydrogens is 1350 g/mol. The Bertz CT molecular complexity index is 6750. The topological polar surface area (TPSA) is 45.2 Å². The molecule has 0 radical (unpaired) electrons.